The van der Waals surface area contributed by atoms with E-state index in [2.05, 4.69) is 46.2 Å². The third-order valence-electron chi connectivity index (χ3n) is 4.57. The van der Waals surface area contributed by atoms with Gasteiger partial charge in [0.25, 0.3) is 0 Å². The van der Waals surface area contributed by atoms with Crippen LogP contribution < -0.4 is 4.74 Å². The summed E-state index contributed by atoms with van der Waals surface area (Å²) in [7, 11) is 0. The normalized spacial score (nSPS) is 15.5. The Morgan fingerprint density at radius 3 is 2.50 bits per heavy atom. The molecule has 0 spiro atoms. The lowest BCUT2D eigenvalue weighted by molar-refractivity contribution is 0.131. The molecule has 1 fully saturated rings. The number of aromatic hydroxyl groups is 1. The molecule has 0 radical (unpaired) electrons. The molecule has 0 atom stereocenters. The zero-order valence-electron chi connectivity index (χ0n) is 15.6. The quantitative estimate of drug-likeness (QED) is 0.810. The van der Waals surface area contributed by atoms with Gasteiger partial charge >= 0.3 is 0 Å². The van der Waals surface area contributed by atoms with Crippen LogP contribution in [-0.4, -0.2) is 54.0 Å². The first-order valence-corrected chi connectivity index (χ1v) is 9.17. The molecule has 0 aliphatic carbocycles. The van der Waals surface area contributed by atoms with Crippen molar-refractivity contribution in [3.63, 3.8) is 0 Å². The van der Waals surface area contributed by atoms with Crippen LogP contribution in [0.25, 0.3) is 0 Å². The molecule has 1 N–H and O–H groups in total. The number of para-hydroxylation sites is 1. The number of hydrogen-bond donors (Lipinski definition) is 1. The van der Waals surface area contributed by atoms with E-state index in [1.165, 1.54) is 11.1 Å². The largest absolute Gasteiger partial charge is 0.504 e. The van der Waals surface area contributed by atoms with Gasteiger partial charge < -0.3 is 9.84 Å². The Balaban J connectivity index is 1.53. The molecule has 2 aromatic carbocycles. The van der Waals surface area contributed by atoms with Crippen LogP contribution in [0.3, 0.4) is 0 Å². The maximum atomic E-state index is 10.2. The Bertz CT molecular complexity index is 735. The number of ether oxygens (including phenoxy) is 1. The van der Waals surface area contributed by atoms with Crippen molar-refractivity contribution in [2.75, 3.05) is 32.8 Å². The highest BCUT2D eigenvalue weighted by Gasteiger charge is 2.15. The lowest BCUT2D eigenvalue weighted by Crippen LogP contribution is -2.43. The average molecular weight is 353 g/mol. The Kier molecular flexibility index (Phi) is 6.12. The summed E-state index contributed by atoms with van der Waals surface area (Å²) in [4.78, 5) is 2.45. The van der Waals surface area contributed by atoms with Crippen LogP contribution in [0.1, 0.15) is 23.6 Å². The number of benzene rings is 2. The van der Waals surface area contributed by atoms with Crippen LogP contribution in [0.2, 0.25) is 0 Å². The number of hydrazone groups is 1. The molecule has 5 heteroatoms. The van der Waals surface area contributed by atoms with Crippen LogP contribution in [0, 0.1) is 6.92 Å². The monoisotopic (exact) mass is 353 g/mol. The van der Waals surface area contributed by atoms with Crippen LogP contribution in [-0.2, 0) is 6.54 Å². The zero-order valence-corrected chi connectivity index (χ0v) is 15.6. The van der Waals surface area contributed by atoms with Gasteiger partial charge in [-0.05, 0) is 31.5 Å². The highest BCUT2D eigenvalue weighted by Crippen LogP contribution is 2.28. The minimum absolute atomic E-state index is 0.149. The van der Waals surface area contributed by atoms with Crippen molar-refractivity contribution in [1.82, 2.24) is 9.91 Å². The van der Waals surface area contributed by atoms with Crippen molar-refractivity contribution in [3.8, 4) is 11.5 Å². The number of phenols is 1. The molecule has 0 saturated carbocycles. The summed E-state index contributed by atoms with van der Waals surface area (Å²) in [5.74, 6) is 0.649. The van der Waals surface area contributed by atoms with E-state index >= 15 is 0 Å². The van der Waals surface area contributed by atoms with Gasteiger partial charge in [0.2, 0.25) is 0 Å². The van der Waals surface area contributed by atoms with E-state index in [-0.39, 0.29) is 5.75 Å². The van der Waals surface area contributed by atoms with E-state index in [1.807, 2.05) is 19.1 Å². The number of nitrogens with zero attached hydrogens (tertiary/aromatic N) is 3. The molecule has 0 amide bonds. The van der Waals surface area contributed by atoms with E-state index in [4.69, 9.17) is 4.74 Å². The second kappa shape index (κ2) is 8.72. The fourth-order valence-corrected chi connectivity index (χ4v) is 3.02. The summed E-state index contributed by atoms with van der Waals surface area (Å²) in [6, 6.07) is 14.2. The molecule has 138 valence electrons. The topological polar surface area (TPSA) is 48.3 Å². The standard InChI is InChI=1S/C21H27N3O2/c1-3-26-20-6-4-5-19(21(20)25)15-22-24-13-11-23(12-14-24)16-18-9-7-17(2)8-10-18/h4-10,15,25H,3,11-14,16H2,1-2H3. The lowest BCUT2D eigenvalue weighted by atomic mass is 10.1. The fourth-order valence-electron chi connectivity index (χ4n) is 3.02. The van der Waals surface area contributed by atoms with Crippen molar-refractivity contribution in [3.05, 3.63) is 59.2 Å². The summed E-state index contributed by atoms with van der Waals surface area (Å²) in [5, 5.41) is 16.8. The van der Waals surface area contributed by atoms with Gasteiger partial charge in [-0.3, -0.25) is 9.91 Å². The number of aryl methyl sites for hydroxylation is 1. The third kappa shape index (κ3) is 4.76. The minimum atomic E-state index is 0.149. The predicted molar refractivity (Wildman–Crippen MR) is 105 cm³/mol. The van der Waals surface area contributed by atoms with Crippen molar-refractivity contribution in [2.45, 2.75) is 20.4 Å². The fraction of sp³-hybridized carbons (Fsp3) is 0.381. The SMILES string of the molecule is CCOc1cccc(C=NN2CCN(Cc3ccc(C)cc3)CC2)c1O. The van der Waals surface area contributed by atoms with Crippen LogP contribution >= 0.6 is 0 Å². The number of rotatable bonds is 6. The first-order valence-electron chi connectivity index (χ1n) is 9.17. The zero-order chi connectivity index (χ0) is 18.4. The van der Waals surface area contributed by atoms with Crippen molar-refractivity contribution in [2.24, 2.45) is 5.10 Å². The molecular formula is C21H27N3O2. The molecule has 1 aliphatic rings. The van der Waals surface area contributed by atoms with Crippen molar-refractivity contribution in [1.29, 1.82) is 0 Å². The highest BCUT2D eigenvalue weighted by atomic mass is 16.5. The number of piperazine rings is 1. The molecular weight excluding hydrogens is 326 g/mol. The van der Waals surface area contributed by atoms with E-state index < -0.39 is 0 Å². The third-order valence-corrected chi connectivity index (χ3v) is 4.57. The van der Waals surface area contributed by atoms with Crippen molar-refractivity contribution < 1.29 is 9.84 Å². The second-order valence-corrected chi connectivity index (χ2v) is 6.59. The Morgan fingerprint density at radius 2 is 1.81 bits per heavy atom. The van der Waals surface area contributed by atoms with Gasteiger partial charge in [0.05, 0.1) is 12.8 Å². The van der Waals surface area contributed by atoms with Crippen molar-refractivity contribution >= 4 is 6.21 Å². The van der Waals surface area contributed by atoms with Gasteiger partial charge in [-0.2, -0.15) is 5.10 Å². The Labute approximate surface area is 155 Å². The molecule has 0 aromatic heterocycles. The molecule has 1 aliphatic heterocycles. The smallest absolute Gasteiger partial charge is 0.166 e. The van der Waals surface area contributed by atoms with E-state index in [1.54, 1.807) is 12.3 Å². The lowest BCUT2D eigenvalue weighted by Gasteiger charge is -2.33. The maximum Gasteiger partial charge on any atom is 0.166 e. The Morgan fingerprint density at radius 1 is 1.08 bits per heavy atom. The first kappa shape index (κ1) is 18.3. The number of phenolic OH excluding ortho intramolecular Hbond substituents is 1. The van der Waals surface area contributed by atoms with Gasteiger partial charge in [0, 0.05) is 38.3 Å². The molecule has 1 saturated heterocycles. The van der Waals surface area contributed by atoms with Crippen LogP contribution in [0.5, 0.6) is 11.5 Å². The van der Waals surface area contributed by atoms with Crippen LogP contribution in [0.4, 0.5) is 0 Å². The second-order valence-electron chi connectivity index (χ2n) is 6.59. The van der Waals surface area contributed by atoms with Gasteiger partial charge in [-0.15, -0.1) is 0 Å². The predicted octanol–water partition coefficient (Wildman–Crippen LogP) is 3.25. The van der Waals surface area contributed by atoms with E-state index in [0.717, 1.165) is 32.7 Å². The summed E-state index contributed by atoms with van der Waals surface area (Å²) in [6.07, 6.45) is 1.72. The van der Waals surface area contributed by atoms with Gasteiger partial charge in [-0.1, -0.05) is 35.9 Å². The molecule has 3 rings (SSSR count). The molecule has 2 aromatic rings. The number of hydrogen-bond acceptors (Lipinski definition) is 5. The maximum absolute atomic E-state index is 10.2. The average Bonchev–Trinajstić information content (AvgIpc) is 2.66. The van der Waals surface area contributed by atoms with Gasteiger partial charge in [0.15, 0.2) is 11.5 Å². The summed E-state index contributed by atoms with van der Waals surface area (Å²) >= 11 is 0. The molecule has 0 bridgehead atoms. The van der Waals surface area contributed by atoms with E-state index in [9.17, 15) is 5.11 Å². The van der Waals surface area contributed by atoms with Crippen LogP contribution in [0.15, 0.2) is 47.6 Å². The molecule has 0 unspecified atom stereocenters. The molecule has 5 nitrogen and oxygen atoms in total. The first-order chi connectivity index (χ1) is 12.7. The molecule has 1 heterocycles. The van der Waals surface area contributed by atoms with Gasteiger partial charge in [0.1, 0.15) is 0 Å². The Hall–Kier alpha value is -2.53. The molecule has 26 heavy (non-hydrogen) atoms. The van der Waals surface area contributed by atoms with Gasteiger partial charge in [-0.25, -0.2) is 0 Å². The highest BCUT2D eigenvalue weighted by molar-refractivity contribution is 5.84. The summed E-state index contributed by atoms with van der Waals surface area (Å²) < 4.78 is 5.42. The summed E-state index contributed by atoms with van der Waals surface area (Å²) in [5.41, 5.74) is 3.33. The summed E-state index contributed by atoms with van der Waals surface area (Å²) in [6.45, 7) is 9.25. The minimum Gasteiger partial charge on any atom is -0.504 e. The van der Waals surface area contributed by atoms with E-state index in [0.29, 0.717) is 17.9 Å².